The molecule has 0 atom stereocenters. The monoisotopic (exact) mass is 353 g/mol. The summed E-state index contributed by atoms with van der Waals surface area (Å²) in [5, 5.41) is 3.07. The number of carbonyl (C=O) groups excluding carboxylic acids is 1. The third kappa shape index (κ3) is 2.95. The number of fused-ring (bicyclic) bond motifs is 2. The van der Waals surface area contributed by atoms with Gasteiger partial charge in [-0.25, -0.2) is 0 Å². The van der Waals surface area contributed by atoms with Crippen LogP contribution in [0.3, 0.4) is 0 Å². The van der Waals surface area contributed by atoms with Gasteiger partial charge in [-0.15, -0.1) is 0 Å². The minimum atomic E-state index is -0.538. The van der Waals surface area contributed by atoms with Crippen molar-refractivity contribution < 1.29 is 23.4 Å². The van der Waals surface area contributed by atoms with Crippen LogP contribution in [0.15, 0.2) is 51.7 Å². The summed E-state index contributed by atoms with van der Waals surface area (Å²) in [6, 6.07) is 11.1. The van der Waals surface area contributed by atoms with Crippen LogP contribution in [0.2, 0.25) is 0 Å². The van der Waals surface area contributed by atoms with Crippen LogP contribution >= 0.6 is 0 Å². The molecule has 132 valence electrons. The van der Waals surface area contributed by atoms with E-state index >= 15 is 0 Å². The molecule has 2 aromatic carbocycles. The van der Waals surface area contributed by atoms with Gasteiger partial charge in [0.25, 0.3) is 5.91 Å². The maximum atomic E-state index is 12.5. The maximum Gasteiger partial charge on any atom is 0.291 e. The Morgan fingerprint density at radius 1 is 1.04 bits per heavy atom. The lowest BCUT2D eigenvalue weighted by atomic mass is 10.2. The molecule has 0 radical (unpaired) electrons. The zero-order valence-electron chi connectivity index (χ0n) is 13.9. The molecule has 26 heavy (non-hydrogen) atoms. The molecule has 7 nitrogen and oxygen atoms in total. The zero-order chi connectivity index (χ0) is 18.1. The minimum Gasteiger partial charge on any atom is -0.497 e. The summed E-state index contributed by atoms with van der Waals surface area (Å²) >= 11 is 0. The van der Waals surface area contributed by atoms with E-state index in [1.54, 1.807) is 36.4 Å². The van der Waals surface area contributed by atoms with Crippen molar-refractivity contribution in [2.45, 2.75) is 0 Å². The number of rotatable bonds is 3. The molecule has 0 spiro atoms. The molecule has 1 aliphatic rings. The van der Waals surface area contributed by atoms with Crippen molar-refractivity contribution in [3.8, 4) is 17.2 Å². The second-order valence-electron chi connectivity index (χ2n) is 5.65. The van der Waals surface area contributed by atoms with Crippen LogP contribution in [0.1, 0.15) is 10.6 Å². The number of benzene rings is 2. The van der Waals surface area contributed by atoms with Gasteiger partial charge >= 0.3 is 0 Å². The van der Waals surface area contributed by atoms with E-state index in [4.69, 9.17) is 18.6 Å². The van der Waals surface area contributed by atoms with E-state index in [-0.39, 0.29) is 16.8 Å². The molecule has 1 N–H and O–H groups in total. The van der Waals surface area contributed by atoms with Gasteiger partial charge < -0.3 is 23.9 Å². The van der Waals surface area contributed by atoms with Crippen molar-refractivity contribution in [3.63, 3.8) is 0 Å². The van der Waals surface area contributed by atoms with Crippen molar-refractivity contribution >= 4 is 22.6 Å². The molecule has 7 heteroatoms. The normalized spacial score (nSPS) is 12.7. The van der Waals surface area contributed by atoms with Crippen molar-refractivity contribution in [2.75, 3.05) is 25.6 Å². The Bertz CT molecular complexity index is 1060. The predicted octanol–water partition coefficient (Wildman–Crippen LogP) is 2.83. The number of amides is 1. The second-order valence-corrected chi connectivity index (χ2v) is 5.65. The zero-order valence-corrected chi connectivity index (χ0v) is 13.9. The van der Waals surface area contributed by atoms with Gasteiger partial charge in [-0.1, -0.05) is 0 Å². The Balaban J connectivity index is 1.64. The Labute approximate surface area is 148 Å². The van der Waals surface area contributed by atoms with E-state index in [2.05, 4.69) is 5.32 Å². The molecular formula is C19H15NO6. The number of methoxy groups -OCH3 is 1. The molecule has 1 aromatic heterocycles. The summed E-state index contributed by atoms with van der Waals surface area (Å²) in [6.07, 6.45) is 0. The molecular weight excluding hydrogens is 338 g/mol. The van der Waals surface area contributed by atoms with Crippen LogP contribution in [0.5, 0.6) is 17.2 Å². The first-order chi connectivity index (χ1) is 12.6. The average molecular weight is 353 g/mol. The lowest BCUT2D eigenvalue weighted by Crippen LogP contribution is -2.17. The highest BCUT2D eigenvalue weighted by Gasteiger charge is 2.16. The van der Waals surface area contributed by atoms with Crippen molar-refractivity contribution in [1.29, 1.82) is 0 Å². The van der Waals surface area contributed by atoms with E-state index in [9.17, 15) is 9.59 Å². The summed E-state index contributed by atoms with van der Waals surface area (Å²) in [5.41, 5.74) is 0.484. The smallest absolute Gasteiger partial charge is 0.291 e. The highest BCUT2D eigenvalue weighted by molar-refractivity contribution is 6.03. The van der Waals surface area contributed by atoms with Crippen LogP contribution in [0, 0.1) is 0 Å². The largest absolute Gasteiger partial charge is 0.497 e. The summed E-state index contributed by atoms with van der Waals surface area (Å²) in [4.78, 5) is 24.7. The van der Waals surface area contributed by atoms with Gasteiger partial charge in [0.05, 0.1) is 12.5 Å². The molecule has 2 heterocycles. The fourth-order valence-electron chi connectivity index (χ4n) is 2.69. The molecule has 0 saturated heterocycles. The SMILES string of the molecule is COc1ccc2c(=O)cc(C(=O)Nc3ccc4c(c3)OCCO4)oc2c1. The van der Waals surface area contributed by atoms with Crippen molar-refractivity contribution in [1.82, 2.24) is 0 Å². The molecule has 0 unspecified atom stereocenters. The van der Waals surface area contributed by atoms with Gasteiger partial charge in [0.2, 0.25) is 0 Å². The third-order valence-electron chi connectivity index (χ3n) is 3.96. The topological polar surface area (TPSA) is 87.0 Å². The third-order valence-corrected chi connectivity index (χ3v) is 3.96. The van der Waals surface area contributed by atoms with E-state index in [1.807, 2.05) is 0 Å². The van der Waals surface area contributed by atoms with E-state index in [1.165, 1.54) is 13.2 Å². The standard InChI is InChI=1S/C19H15NO6/c1-23-12-3-4-13-14(21)10-18(26-16(13)9-12)19(22)20-11-2-5-15-17(8-11)25-7-6-24-15/h2-5,8-10H,6-7H2,1H3,(H,20,22). The van der Waals surface area contributed by atoms with Crippen LogP contribution < -0.4 is 25.0 Å². The Hall–Kier alpha value is -3.48. The molecule has 4 rings (SSSR count). The van der Waals surface area contributed by atoms with Crippen molar-refractivity contribution in [3.05, 3.63) is 58.4 Å². The first-order valence-corrected chi connectivity index (χ1v) is 7.97. The molecule has 3 aromatic rings. The summed E-state index contributed by atoms with van der Waals surface area (Å²) in [7, 11) is 1.51. The van der Waals surface area contributed by atoms with Crippen LogP contribution in [0.4, 0.5) is 5.69 Å². The summed E-state index contributed by atoms with van der Waals surface area (Å²) in [6.45, 7) is 0.941. The minimum absolute atomic E-state index is 0.0920. The van der Waals surface area contributed by atoms with E-state index in [0.29, 0.717) is 41.5 Å². The summed E-state index contributed by atoms with van der Waals surface area (Å²) in [5.74, 6) is 1.08. The van der Waals surface area contributed by atoms with Gasteiger partial charge in [-0.3, -0.25) is 9.59 Å². The number of nitrogens with one attached hydrogen (secondary N) is 1. The highest BCUT2D eigenvalue weighted by atomic mass is 16.6. The molecule has 1 amide bonds. The molecule has 0 fully saturated rings. The number of carbonyl (C=O) groups is 1. The Morgan fingerprint density at radius 3 is 2.65 bits per heavy atom. The highest BCUT2D eigenvalue weighted by Crippen LogP contribution is 2.32. The van der Waals surface area contributed by atoms with E-state index < -0.39 is 5.91 Å². The molecule has 0 saturated carbocycles. The molecule has 0 bridgehead atoms. The fraction of sp³-hybridized carbons (Fsp3) is 0.158. The number of ether oxygens (including phenoxy) is 3. The Kier molecular flexibility index (Phi) is 3.96. The van der Waals surface area contributed by atoms with Crippen LogP contribution in [-0.2, 0) is 0 Å². The van der Waals surface area contributed by atoms with Gasteiger partial charge in [-0.05, 0) is 24.3 Å². The molecule has 0 aliphatic carbocycles. The predicted molar refractivity (Wildman–Crippen MR) is 94.4 cm³/mol. The fourth-order valence-corrected chi connectivity index (χ4v) is 2.69. The lowest BCUT2D eigenvalue weighted by molar-refractivity contribution is 0.0997. The second kappa shape index (κ2) is 6.44. The van der Waals surface area contributed by atoms with Gasteiger partial charge in [0.15, 0.2) is 22.7 Å². The first kappa shape index (κ1) is 16.0. The van der Waals surface area contributed by atoms with E-state index in [0.717, 1.165) is 0 Å². The Morgan fingerprint density at radius 2 is 1.85 bits per heavy atom. The summed E-state index contributed by atoms with van der Waals surface area (Å²) < 4.78 is 21.6. The average Bonchev–Trinajstić information content (AvgIpc) is 2.67. The van der Waals surface area contributed by atoms with Crippen molar-refractivity contribution in [2.24, 2.45) is 0 Å². The number of hydrogen-bond donors (Lipinski definition) is 1. The molecule has 1 aliphatic heterocycles. The first-order valence-electron chi connectivity index (χ1n) is 7.97. The van der Waals surface area contributed by atoms with Crippen LogP contribution in [0.25, 0.3) is 11.0 Å². The lowest BCUT2D eigenvalue weighted by Gasteiger charge is -2.18. The van der Waals surface area contributed by atoms with Crippen LogP contribution in [-0.4, -0.2) is 26.2 Å². The van der Waals surface area contributed by atoms with Gasteiger partial charge in [0, 0.05) is 23.9 Å². The van der Waals surface area contributed by atoms with Gasteiger partial charge in [-0.2, -0.15) is 0 Å². The van der Waals surface area contributed by atoms with Gasteiger partial charge in [0.1, 0.15) is 24.5 Å². The maximum absolute atomic E-state index is 12.5. The number of anilines is 1. The number of hydrogen-bond acceptors (Lipinski definition) is 6. The quantitative estimate of drug-likeness (QED) is 0.779.